The van der Waals surface area contributed by atoms with Gasteiger partial charge in [0, 0.05) is 57.4 Å². The monoisotopic (exact) mass is 345 g/mol. The Bertz CT molecular complexity index is 763. The lowest BCUT2D eigenvalue weighted by Crippen LogP contribution is -2.48. The van der Waals surface area contributed by atoms with Gasteiger partial charge in [0.15, 0.2) is 5.82 Å². The molecule has 2 aromatic rings. The van der Waals surface area contributed by atoms with Crippen molar-refractivity contribution in [1.82, 2.24) is 19.4 Å². The molecule has 1 saturated carbocycles. The summed E-state index contributed by atoms with van der Waals surface area (Å²) in [5.74, 6) is 0.591. The minimum absolute atomic E-state index is 0.0489. The number of aromatic nitrogens is 3. The molecule has 2 aromatic heterocycles. The molecule has 1 saturated heterocycles. The van der Waals surface area contributed by atoms with E-state index in [1.54, 1.807) is 12.4 Å². The van der Waals surface area contributed by atoms with E-state index >= 15 is 0 Å². The first kappa shape index (κ1) is 15.6. The van der Waals surface area contributed by atoms with Gasteiger partial charge in [-0.05, 0) is 25.0 Å². The average Bonchev–Trinajstić information content (AvgIpc) is 3.43. The molecule has 2 fully saturated rings. The fraction of sp³-hybridized carbons (Fsp3) is 0.471. The summed E-state index contributed by atoms with van der Waals surface area (Å²) >= 11 is 5.87. The van der Waals surface area contributed by atoms with Gasteiger partial charge >= 0.3 is 0 Å². The van der Waals surface area contributed by atoms with Gasteiger partial charge in [-0.2, -0.15) is 0 Å². The molecule has 6 nitrogen and oxygen atoms in total. The molecule has 0 radical (unpaired) electrons. The van der Waals surface area contributed by atoms with Crippen molar-refractivity contribution < 1.29 is 0 Å². The minimum atomic E-state index is 0.0489. The van der Waals surface area contributed by atoms with E-state index in [1.807, 2.05) is 22.9 Å². The molecule has 24 heavy (non-hydrogen) atoms. The molecular weight excluding hydrogens is 326 g/mol. The molecule has 3 heterocycles. The van der Waals surface area contributed by atoms with Crippen LogP contribution in [0.25, 0.3) is 0 Å². The first-order chi connectivity index (χ1) is 11.7. The third-order valence-electron chi connectivity index (χ3n) is 4.64. The number of pyridine rings is 1. The molecule has 1 aliphatic carbocycles. The zero-order chi connectivity index (χ0) is 16.5. The largest absolute Gasteiger partial charge is 0.349 e. The van der Waals surface area contributed by atoms with Gasteiger partial charge < -0.3 is 9.47 Å². The van der Waals surface area contributed by atoms with Crippen LogP contribution in [0.4, 0.5) is 5.82 Å². The predicted octanol–water partition coefficient (Wildman–Crippen LogP) is 1.95. The summed E-state index contributed by atoms with van der Waals surface area (Å²) in [6.07, 6.45) is 7.45. The summed E-state index contributed by atoms with van der Waals surface area (Å²) in [5.41, 5.74) is 1.06. The fourth-order valence-electron chi connectivity index (χ4n) is 3.12. The Morgan fingerprint density at radius 1 is 1.12 bits per heavy atom. The van der Waals surface area contributed by atoms with Crippen LogP contribution < -0.4 is 10.5 Å². The number of hydrogen-bond donors (Lipinski definition) is 0. The standard InChI is InChI=1S/C17H20ClN5O/c18-13-1-2-14(20-11-13)12-21-7-9-22(10-8-21)16-17(24)23(6-5-19-16)15-3-4-15/h1-2,5-6,11,15H,3-4,7-10,12H2. The summed E-state index contributed by atoms with van der Waals surface area (Å²) < 4.78 is 1.84. The maximum atomic E-state index is 12.6. The maximum absolute atomic E-state index is 12.6. The Labute approximate surface area is 145 Å². The molecule has 1 aliphatic heterocycles. The second kappa shape index (κ2) is 6.53. The van der Waals surface area contributed by atoms with Crippen LogP contribution in [-0.2, 0) is 6.54 Å². The highest BCUT2D eigenvalue weighted by Gasteiger charge is 2.27. The quantitative estimate of drug-likeness (QED) is 0.847. The van der Waals surface area contributed by atoms with Crippen LogP contribution in [0, 0.1) is 0 Å². The second-order valence-electron chi connectivity index (χ2n) is 6.43. The maximum Gasteiger partial charge on any atom is 0.293 e. The topological polar surface area (TPSA) is 54.3 Å². The first-order valence-electron chi connectivity index (χ1n) is 8.35. The highest BCUT2D eigenvalue weighted by Crippen LogP contribution is 2.33. The van der Waals surface area contributed by atoms with Crippen molar-refractivity contribution in [1.29, 1.82) is 0 Å². The normalized spacial score (nSPS) is 18.8. The highest BCUT2D eigenvalue weighted by molar-refractivity contribution is 6.30. The third-order valence-corrected chi connectivity index (χ3v) is 4.86. The van der Waals surface area contributed by atoms with E-state index in [9.17, 15) is 4.79 Å². The number of piperazine rings is 1. The zero-order valence-electron chi connectivity index (χ0n) is 13.4. The van der Waals surface area contributed by atoms with Gasteiger partial charge in [0.25, 0.3) is 5.56 Å². The predicted molar refractivity (Wildman–Crippen MR) is 93.5 cm³/mol. The fourth-order valence-corrected chi connectivity index (χ4v) is 3.23. The smallest absolute Gasteiger partial charge is 0.293 e. The molecule has 4 rings (SSSR count). The Kier molecular flexibility index (Phi) is 4.24. The van der Waals surface area contributed by atoms with Crippen molar-refractivity contribution in [3.8, 4) is 0 Å². The van der Waals surface area contributed by atoms with Crippen LogP contribution in [0.5, 0.6) is 0 Å². The minimum Gasteiger partial charge on any atom is -0.349 e. The number of anilines is 1. The molecule has 0 bridgehead atoms. The van der Waals surface area contributed by atoms with Crippen molar-refractivity contribution in [2.45, 2.75) is 25.4 Å². The Hall–Kier alpha value is -1.92. The molecule has 0 amide bonds. The summed E-state index contributed by atoms with van der Waals surface area (Å²) in [4.78, 5) is 25.7. The lowest BCUT2D eigenvalue weighted by Gasteiger charge is -2.34. The van der Waals surface area contributed by atoms with Gasteiger partial charge in [-0.15, -0.1) is 0 Å². The van der Waals surface area contributed by atoms with Gasteiger partial charge in [0.2, 0.25) is 0 Å². The van der Waals surface area contributed by atoms with Crippen molar-refractivity contribution in [2.24, 2.45) is 0 Å². The zero-order valence-corrected chi connectivity index (χ0v) is 14.2. The van der Waals surface area contributed by atoms with Crippen molar-refractivity contribution in [3.63, 3.8) is 0 Å². The average molecular weight is 346 g/mol. The Balaban J connectivity index is 1.40. The van der Waals surface area contributed by atoms with Gasteiger partial charge in [-0.3, -0.25) is 14.7 Å². The van der Waals surface area contributed by atoms with E-state index in [0.29, 0.717) is 16.9 Å². The van der Waals surface area contributed by atoms with Crippen molar-refractivity contribution in [2.75, 3.05) is 31.1 Å². The van der Waals surface area contributed by atoms with E-state index in [2.05, 4.69) is 19.8 Å². The van der Waals surface area contributed by atoms with Gasteiger partial charge in [0.1, 0.15) is 0 Å². The van der Waals surface area contributed by atoms with Crippen LogP contribution in [-0.4, -0.2) is 45.6 Å². The Morgan fingerprint density at radius 3 is 2.58 bits per heavy atom. The van der Waals surface area contributed by atoms with E-state index in [-0.39, 0.29) is 5.56 Å². The lowest BCUT2D eigenvalue weighted by molar-refractivity contribution is 0.246. The van der Waals surface area contributed by atoms with Crippen LogP contribution in [0.3, 0.4) is 0 Å². The molecular formula is C17H20ClN5O. The summed E-state index contributed by atoms with van der Waals surface area (Å²) in [6.45, 7) is 4.21. The SMILES string of the molecule is O=c1c(N2CCN(Cc3ccc(Cl)cn3)CC2)nccn1C1CC1. The number of rotatable bonds is 4. The van der Waals surface area contributed by atoms with Crippen LogP contribution in [0.2, 0.25) is 5.02 Å². The summed E-state index contributed by atoms with van der Waals surface area (Å²) in [5, 5.41) is 0.658. The highest BCUT2D eigenvalue weighted by atomic mass is 35.5. The van der Waals surface area contributed by atoms with Gasteiger partial charge in [0.05, 0.1) is 10.7 Å². The van der Waals surface area contributed by atoms with E-state index in [0.717, 1.165) is 51.3 Å². The lowest BCUT2D eigenvalue weighted by atomic mass is 10.2. The molecule has 0 N–H and O–H groups in total. The van der Waals surface area contributed by atoms with Gasteiger partial charge in [-0.25, -0.2) is 4.98 Å². The summed E-state index contributed by atoms with van der Waals surface area (Å²) in [6, 6.07) is 4.22. The first-order valence-corrected chi connectivity index (χ1v) is 8.73. The Morgan fingerprint density at radius 2 is 1.92 bits per heavy atom. The second-order valence-corrected chi connectivity index (χ2v) is 6.86. The molecule has 2 aliphatic rings. The van der Waals surface area contributed by atoms with Gasteiger partial charge in [-0.1, -0.05) is 11.6 Å². The van der Waals surface area contributed by atoms with Crippen LogP contribution in [0.1, 0.15) is 24.6 Å². The molecule has 0 unspecified atom stereocenters. The number of hydrogen-bond acceptors (Lipinski definition) is 5. The molecule has 126 valence electrons. The van der Waals surface area contributed by atoms with Crippen molar-refractivity contribution in [3.05, 3.63) is 51.8 Å². The summed E-state index contributed by atoms with van der Waals surface area (Å²) in [7, 11) is 0. The molecule has 0 atom stereocenters. The van der Waals surface area contributed by atoms with Crippen LogP contribution in [0.15, 0.2) is 35.5 Å². The third kappa shape index (κ3) is 3.30. The molecule has 7 heteroatoms. The van der Waals surface area contributed by atoms with E-state index in [1.165, 1.54) is 0 Å². The van der Waals surface area contributed by atoms with Crippen LogP contribution >= 0.6 is 11.6 Å². The molecule has 0 aromatic carbocycles. The van der Waals surface area contributed by atoms with Crippen molar-refractivity contribution >= 4 is 17.4 Å². The molecule has 0 spiro atoms. The van der Waals surface area contributed by atoms with E-state index in [4.69, 9.17) is 11.6 Å². The number of halogens is 1. The number of nitrogens with zero attached hydrogens (tertiary/aromatic N) is 5. The van der Waals surface area contributed by atoms with E-state index < -0.39 is 0 Å².